The van der Waals surface area contributed by atoms with E-state index in [-0.39, 0.29) is 0 Å². The van der Waals surface area contributed by atoms with Crippen LogP contribution in [0.1, 0.15) is 5.56 Å². The van der Waals surface area contributed by atoms with E-state index < -0.39 is 0 Å². The molecule has 0 saturated carbocycles. The Labute approximate surface area is 77.0 Å². The van der Waals surface area contributed by atoms with Gasteiger partial charge >= 0.3 is 0 Å². The van der Waals surface area contributed by atoms with Gasteiger partial charge in [-0.2, -0.15) is 5.10 Å². The Morgan fingerprint density at radius 1 is 1.38 bits per heavy atom. The van der Waals surface area contributed by atoms with Crippen LogP contribution < -0.4 is 11.2 Å². The lowest BCUT2D eigenvalue weighted by atomic mass is 10.2. The number of hydrogen-bond donors (Lipinski definition) is 3. The summed E-state index contributed by atoms with van der Waals surface area (Å²) < 4.78 is 0. The van der Waals surface area contributed by atoms with Crippen molar-refractivity contribution in [2.75, 3.05) is 5.43 Å². The van der Waals surface area contributed by atoms with E-state index in [1.165, 1.54) is 6.21 Å². The van der Waals surface area contributed by atoms with E-state index >= 15 is 0 Å². The van der Waals surface area contributed by atoms with Gasteiger partial charge in [0.15, 0.2) is 0 Å². The molecule has 0 aliphatic carbocycles. The number of anilines is 1. The van der Waals surface area contributed by atoms with Gasteiger partial charge in [0.25, 0.3) is 0 Å². The van der Waals surface area contributed by atoms with Crippen LogP contribution in [-0.4, -0.2) is 12.4 Å². The maximum absolute atomic E-state index is 6.70. The second-order valence-corrected chi connectivity index (χ2v) is 2.46. The van der Waals surface area contributed by atoms with E-state index in [4.69, 9.17) is 11.1 Å². The zero-order chi connectivity index (χ0) is 9.52. The Balaban J connectivity index is 2.58. The molecular formula is C9H12N4. The Bertz CT molecular complexity index is 289. The Kier molecular flexibility index (Phi) is 3.66. The van der Waals surface area contributed by atoms with E-state index in [0.717, 1.165) is 17.5 Å². The number of nitrogens with two attached hydrogens (primary N) is 1. The molecule has 1 aromatic rings. The fourth-order valence-electron chi connectivity index (χ4n) is 0.864. The molecule has 0 fully saturated rings. The molecule has 0 amide bonds. The number of hydrogen-bond acceptors (Lipinski definition) is 4. The molecule has 0 bridgehead atoms. The summed E-state index contributed by atoms with van der Waals surface area (Å²) in [7, 11) is 0. The average molecular weight is 176 g/mol. The predicted octanol–water partition coefficient (Wildman–Crippen LogP) is 1.19. The molecule has 0 unspecified atom stereocenters. The Morgan fingerprint density at radius 2 is 2.08 bits per heavy atom. The summed E-state index contributed by atoms with van der Waals surface area (Å²) in [6.45, 7) is 0.546. The number of nitrogens with one attached hydrogen (secondary N) is 2. The summed E-state index contributed by atoms with van der Waals surface area (Å²) in [5.74, 6) is 0. The van der Waals surface area contributed by atoms with Gasteiger partial charge < -0.3 is 11.1 Å². The molecule has 13 heavy (non-hydrogen) atoms. The van der Waals surface area contributed by atoms with Crippen molar-refractivity contribution in [1.29, 1.82) is 5.41 Å². The normalized spacial score (nSPS) is 10.2. The minimum atomic E-state index is 0.546. The molecule has 0 aliphatic rings. The van der Waals surface area contributed by atoms with E-state index in [1.54, 1.807) is 0 Å². The van der Waals surface area contributed by atoms with Gasteiger partial charge in [0.2, 0.25) is 0 Å². The highest BCUT2D eigenvalue weighted by Gasteiger charge is 1.89. The first-order valence-electron chi connectivity index (χ1n) is 3.94. The lowest BCUT2D eigenvalue weighted by Gasteiger charge is -2.00. The van der Waals surface area contributed by atoms with E-state index in [1.807, 2.05) is 24.3 Å². The van der Waals surface area contributed by atoms with Crippen LogP contribution in [0.3, 0.4) is 0 Å². The summed E-state index contributed by atoms with van der Waals surface area (Å²) in [4.78, 5) is 0. The van der Waals surface area contributed by atoms with E-state index in [2.05, 4.69) is 10.5 Å². The van der Waals surface area contributed by atoms with Crippen molar-refractivity contribution in [1.82, 2.24) is 0 Å². The van der Waals surface area contributed by atoms with Crippen LogP contribution in [0, 0.1) is 5.41 Å². The zero-order valence-electron chi connectivity index (χ0n) is 7.20. The highest BCUT2D eigenvalue weighted by molar-refractivity contribution is 6.14. The Morgan fingerprint density at radius 3 is 2.62 bits per heavy atom. The van der Waals surface area contributed by atoms with Gasteiger partial charge in [-0.05, 0) is 17.7 Å². The molecule has 4 N–H and O–H groups in total. The van der Waals surface area contributed by atoms with Gasteiger partial charge in [0, 0.05) is 12.8 Å². The van der Waals surface area contributed by atoms with Crippen molar-refractivity contribution in [3.8, 4) is 0 Å². The maximum Gasteiger partial charge on any atom is 0.0648 e. The summed E-state index contributed by atoms with van der Waals surface area (Å²) >= 11 is 0. The molecule has 0 aromatic heterocycles. The van der Waals surface area contributed by atoms with Crippen molar-refractivity contribution in [2.45, 2.75) is 6.54 Å². The zero-order valence-corrected chi connectivity index (χ0v) is 7.20. The first-order chi connectivity index (χ1) is 6.36. The number of rotatable bonds is 4. The third-order valence-electron chi connectivity index (χ3n) is 1.53. The minimum absolute atomic E-state index is 0.546. The lowest BCUT2D eigenvalue weighted by Crippen LogP contribution is -1.96. The monoisotopic (exact) mass is 176 g/mol. The largest absolute Gasteiger partial charge is 0.326 e. The lowest BCUT2D eigenvalue weighted by molar-refractivity contribution is 1.07. The number of hydrazone groups is 1. The second-order valence-electron chi connectivity index (χ2n) is 2.46. The van der Waals surface area contributed by atoms with Crippen LogP contribution in [0.2, 0.25) is 0 Å². The van der Waals surface area contributed by atoms with Crippen LogP contribution in [0.4, 0.5) is 5.69 Å². The van der Waals surface area contributed by atoms with Crippen LogP contribution in [0.5, 0.6) is 0 Å². The van der Waals surface area contributed by atoms with Gasteiger partial charge in [0.1, 0.15) is 0 Å². The molecule has 0 atom stereocenters. The summed E-state index contributed by atoms with van der Waals surface area (Å²) in [5.41, 5.74) is 10.2. The third kappa shape index (κ3) is 3.04. The average Bonchev–Trinajstić information content (AvgIpc) is 2.19. The second kappa shape index (κ2) is 5.05. The first kappa shape index (κ1) is 9.41. The minimum Gasteiger partial charge on any atom is -0.326 e. The van der Waals surface area contributed by atoms with Gasteiger partial charge in [-0.25, -0.2) is 0 Å². The standard InChI is InChI=1S/C9H12N4/c10-5-6-12-13-9-3-1-8(7-11)2-4-9/h1-6,10,13H,7,11H2/b10-5?,12-6-. The van der Waals surface area contributed by atoms with Gasteiger partial charge in [-0.3, -0.25) is 5.43 Å². The molecule has 68 valence electrons. The Hall–Kier alpha value is -1.68. The van der Waals surface area contributed by atoms with Gasteiger partial charge in [-0.15, -0.1) is 0 Å². The molecule has 0 heterocycles. The first-order valence-corrected chi connectivity index (χ1v) is 3.94. The summed E-state index contributed by atoms with van der Waals surface area (Å²) in [6.07, 6.45) is 2.48. The third-order valence-corrected chi connectivity index (χ3v) is 1.53. The van der Waals surface area contributed by atoms with E-state index in [0.29, 0.717) is 6.54 Å². The van der Waals surface area contributed by atoms with Gasteiger partial charge in [-0.1, -0.05) is 12.1 Å². The quantitative estimate of drug-likeness (QED) is 0.476. The fourth-order valence-corrected chi connectivity index (χ4v) is 0.864. The molecule has 0 spiro atoms. The molecule has 4 heteroatoms. The highest BCUT2D eigenvalue weighted by atomic mass is 15.3. The van der Waals surface area contributed by atoms with Crippen molar-refractivity contribution >= 4 is 18.1 Å². The van der Waals surface area contributed by atoms with Crippen LogP contribution in [0.15, 0.2) is 29.4 Å². The van der Waals surface area contributed by atoms with Crippen molar-refractivity contribution in [2.24, 2.45) is 10.8 Å². The molecule has 0 saturated heterocycles. The van der Waals surface area contributed by atoms with E-state index in [9.17, 15) is 0 Å². The molecule has 4 nitrogen and oxygen atoms in total. The maximum atomic E-state index is 6.70. The van der Waals surface area contributed by atoms with Crippen molar-refractivity contribution < 1.29 is 0 Å². The molecule has 1 rings (SSSR count). The SMILES string of the molecule is N=C/C=N\Nc1ccc(CN)cc1. The fraction of sp³-hybridized carbons (Fsp3) is 0.111. The van der Waals surface area contributed by atoms with Crippen LogP contribution in [-0.2, 0) is 6.54 Å². The van der Waals surface area contributed by atoms with Crippen molar-refractivity contribution in [3.63, 3.8) is 0 Å². The highest BCUT2D eigenvalue weighted by Crippen LogP contribution is 2.08. The van der Waals surface area contributed by atoms with Gasteiger partial charge in [0.05, 0.1) is 11.9 Å². The van der Waals surface area contributed by atoms with Crippen LogP contribution >= 0.6 is 0 Å². The predicted molar refractivity (Wildman–Crippen MR) is 55.2 cm³/mol. The topological polar surface area (TPSA) is 74.3 Å². The molecular weight excluding hydrogens is 164 g/mol. The summed E-state index contributed by atoms with van der Waals surface area (Å²) in [6, 6.07) is 7.65. The molecule has 0 aliphatic heterocycles. The smallest absolute Gasteiger partial charge is 0.0648 e. The van der Waals surface area contributed by atoms with Crippen molar-refractivity contribution in [3.05, 3.63) is 29.8 Å². The van der Waals surface area contributed by atoms with Crippen LogP contribution in [0.25, 0.3) is 0 Å². The molecule has 1 aromatic carbocycles. The molecule has 0 radical (unpaired) electrons. The summed E-state index contributed by atoms with van der Waals surface area (Å²) in [5, 5.41) is 10.5. The number of nitrogens with zero attached hydrogens (tertiary/aromatic N) is 1. The number of benzene rings is 1.